The molecule has 0 saturated carbocycles. The number of aromatic nitrogens is 1. The smallest absolute Gasteiger partial charge is 0.235 e. The van der Waals surface area contributed by atoms with Gasteiger partial charge in [-0.25, -0.2) is 4.52 Å². The average Bonchev–Trinajstić information content (AvgIpc) is 2.26. The molecule has 3 heteroatoms. The Labute approximate surface area is 71.9 Å². The second-order valence-corrected chi connectivity index (χ2v) is 2.87. The quantitative estimate of drug-likeness (QED) is 0.661. The third kappa shape index (κ3) is 1.28. The van der Waals surface area contributed by atoms with Crippen molar-refractivity contribution >= 4 is 5.57 Å². The Morgan fingerprint density at radius 1 is 1.58 bits per heavy atom. The van der Waals surface area contributed by atoms with E-state index in [9.17, 15) is 0 Å². The summed E-state index contributed by atoms with van der Waals surface area (Å²) in [6.45, 7) is 7.53. The molecule has 0 bridgehead atoms. The maximum atomic E-state index is 8.90. The Bertz CT molecular complexity index is 313. The van der Waals surface area contributed by atoms with Crippen LogP contribution in [0.2, 0.25) is 0 Å². The molecule has 0 radical (unpaired) electrons. The molecule has 0 aliphatic carbocycles. The van der Waals surface area contributed by atoms with Crippen LogP contribution in [0.1, 0.15) is 17.0 Å². The van der Waals surface area contributed by atoms with Crippen LogP contribution < -0.4 is 4.74 Å². The van der Waals surface area contributed by atoms with Gasteiger partial charge in [0.05, 0.1) is 12.2 Å². The van der Waals surface area contributed by atoms with E-state index in [1.54, 1.807) is 4.74 Å². The number of aliphatic hydroxyl groups excluding tert-OH is 1. The molecule has 0 aliphatic heterocycles. The Morgan fingerprint density at radius 3 is 2.50 bits per heavy atom. The minimum absolute atomic E-state index is 0.0266. The minimum Gasteiger partial charge on any atom is -0.392 e. The van der Waals surface area contributed by atoms with Gasteiger partial charge < -0.3 is 5.11 Å². The van der Waals surface area contributed by atoms with Crippen LogP contribution in [0.4, 0.5) is 0 Å². The molecular weight excluding hydrogens is 154 g/mol. The van der Waals surface area contributed by atoms with Crippen molar-refractivity contribution in [3.05, 3.63) is 23.6 Å². The predicted molar refractivity (Wildman–Crippen MR) is 45.5 cm³/mol. The summed E-state index contributed by atoms with van der Waals surface area (Å²) in [5.41, 5.74) is 2.63. The van der Waals surface area contributed by atoms with Crippen molar-refractivity contribution in [3.63, 3.8) is 0 Å². The van der Waals surface area contributed by atoms with Gasteiger partial charge in [0.1, 0.15) is 0 Å². The Hall–Kier alpha value is -1.09. The van der Waals surface area contributed by atoms with Gasteiger partial charge in [-0.1, -0.05) is 6.58 Å². The van der Waals surface area contributed by atoms with E-state index in [4.69, 9.17) is 9.63 Å². The summed E-state index contributed by atoms with van der Waals surface area (Å²) >= 11 is 0. The number of aliphatic hydroxyl groups is 1. The molecule has 12 heavy (non-hydrogen) atoms. The average molecular weight is 168 g/mol. The van der Waals surface area contributed by atoms with Gasteiger partial charge in [-0.15, -0.1) is 0 Å². The molecular formula is C9H14NO2+. The van der Waals surface area contributed by atoms with Crippen molar-refractivity contribution < 1.29 is 14.4 Å². The minimum atomic E-state index is -0.0266. The van der Waals surface area contributed by atoms with Crippen molar-refractivity contribution in [1.82, 2.24) is 0 Å². The lowest BCUT2D eigenvalue weighted by Crippen LogP contribution is -2.28. The lowest BCUT2D eigenvalue weighted by Gasteiger charge is -1.95. The second-order valence-electron chi connectivity index (χ2n) is 2.87. The number of hydrogen-bond acceptors (Lipinski definition) is 2. The summed E-state index contributed by atoms with van der Waals surface area (Å²) in [5.74, 6) is 0.800. The molecule has 0 aliphatic rings. The Kier molecular flexibility index (Phi) is 2.33. The number of hydrogen-bond donors (Lipinski definition) is 1. The zero-order valence-corrected chi connectivity index (χ0v) is 7.72. The first kappa shape index (κ1) is 9.00. The molecule has 1 N–H and O–H groups in total. The van der Waals surface area contributed by atoms with Gasteiger partial charge in [0, 0.05) is 13.8 Å². The first-order chi connectivity index (χ1) is 5.57. The molecule has 1 heterocycles. The predicted octanol–water partition coefficient (Wildman–Crippen LogP) is 0.726. The molecule has 0 saturated heterocycles. The van der Waals surface area contributed by atoms with Crippen LogP contribution in [0.25, 0.3) is 5.57 Å². The van der Waals surface area contributed by atoms with Gasteiger partial charge in [0.25, 0.3) is 0 Å². The van der Waals surface area contributed by atoms with Crippen LogP contribution in [-0.2, 0) is 7.05 Å². The molecule has 3 nitrogen and oxygen atoms in total. The van der Waals surface area contributed by atoms with Gasteiger partial charge in [0.15, 0.2) is 12.8 Å². The van der Waals surface area contributed by atoms with E-state index in [0.717, 1.165) is 17.0 Å². The number of rotatable bonds is 2. The van der Waals surface area contributed by atoms with Crippen molar-refractivity contribution in [1.29, 1.82) is 0 Å². The van der Waals surface area contributed by atoms with Gasteiger partial charge in [-0.2, -0.15) is 0 Å². The molecule has 0 fully saturated rings. The standard InChI is InChI=1S/C9H14NO2/c1-6(5-11)9-7(2)10(4)12-8(9)3/h11H,1,5H2,2-4H3/q+1. The van der Waals surface area contributed by atoms with E-state index in [1.165, 1.54) is 0 Å². The summed E-state index contributed by atoms with van der Waals surface area (Å²) in [6.07, 6.45) is 0. The molecule has 0 amide bonds. The summed E-state index contributed by atoms with van der Waals surface area (Å²) < 4.78 is 6.99. The van der Waals surface area contributed by atoms with E-state index in [-0.39, 0.29) is 6.61 Å². The topological polar surface area (TPSA) is 37.3 Å². The van der Waals surface area contributed by atoms with E-state index in [0.29, 0.717) is 5.57 Å². The fraction of sp³-hybridized carbons (Fsp3) is 0.444. The van der Waals surface area contributed by atoms with Gasteiger partial charge in [-0.3, -0.25) is 0 Å². The summed E-state index contributed by atoms with van der Waals surface area (Å²) in [5, 5.41) is 8.90. The third-order valence-corrected chi connectivity index (χ3v) is 2.00. The maximum absolute atomic E-state index is 8.90. The van der Waals surface area contributed by atoms with Crippen LogP contribution >= 0.6 is 0 Å². The molecule has 0 unspecified atom stereocenters. The van der Waals surface area contributed by atoms with E-state index in [2.05, 4.69) is 6.58 Å². The largest absolute Gasteiger partial charge is 0.392 e. The highest BCUT2D eigenvalue weighted by atomic mass is 16.5. The van der Waals surface area contributed by atoms with Crippen LogP contribution in [0.3, 0.4) is 0 Å². The normalized spacial score (nSPS) is 10.3. The fourth-order valence-corrected chi connectivity index (χ4v) is 1.32. The van der Waals surface area contributed by atoms with Crippen molar-refractivity contribution in [3.8, 4) is 0 Å². The summed E-state index contributed by atoms with van der Waals surface area (Å²) in [4.78, 5) is 0. The van der Waals surface area contributed by atoms with E-state index >= 15 is 0 Å². The highest BCUT2D eigenvalue weighted by Crippen LogP contribution is 2.18. The van der Waals surface area contributed by atoms with Crippen molar-refractivity contribution in [2.24, 2.45) is 7.05 Å². The summed E-state index contributed by atoms with van der Waals surface area (Å²) in [7, 11) is 1.83. The van der Waals surface area contributed by atoms with Gasteiger partial charge >= 0.3 is 0 Å². The van der Waals surface area contributed by atoms with Crippen LogP contribution in [0, 0.1) is 13.8 Å². The second kappa shape index (κ2) is 3.11. The van der Waals surface area contributed by atoms with E-state index in [1.807, 2.05) is 20.9 Å². The highest BCUT2D eigenvalue weighted by molar-refractivity contribution is 5.66. The van der Waals surface area contributed by atoms with Crippen LogP contribution in [0.5, 0.6) is 0 Å². The molecule has 1 aromatic rings. The molecule has 1 aromatic heterocycles. The molecule has 0 spiro atoms. The highest BCUT2D eigenvalue weighted by Gasteiger charge is 2.20. The van der Waals surface area contributed by atoms with Gasteiger partial charge in [-0.05, 0) is 10.3 Å². The lowest BCUT2D eigenvalue weighted by atomic mass is 10.1. The Morgan fingerprint density at radius 2 is 2.17 bits per heavy atom. The van der Waals surface area contributed by atoms with Crippen LogP contribution in [-0.4, -0.2) is 11.7 Å². The molecule has 0 aromatic carbocycles. The van der Waals surface area contributed by atoms with Crippen molar-refractivity contribution in [2.45, 2.75) is 13.8 Å². The fourth-order valence-electron chi connectivity index (χ4n) is 1.32. The summed E-state index contributed by atoms with van der Waals surface area (Å²) in [6, 6.07) is 0. The molecule has 0 atom stereocenters. The zero-order valence-electron chi connectivity index (χ0n) is 7.72. The third-order valence-electron chi connectivity index (χ3n) is 2.00. The SMILES string of the molecule is C=C(CO)c1c(C)o[n+](C)c1C. The van der Waals surface area contributed by atoms with Crippen LogP contribution in [0.15, 0.2) is 11.1 Å². The first-order valence-corrected chi connectivity index (χ1v) is 3.83. The monoisotopic (exact) mass is 168 g/mol. The number of aryl methyl sites for hydroxylation is 2. The van der Waals surface area contributed by atoms with E-state index < -0.39 is 0 Å². The molecule has 1 rings (SSSR count). The van der Waals surface area contributed by atoms with Crippen molar-refractivity contribution in [2.75, 3.05) is 6.61 Å². The number of nitrogens with zero attached hydrogens (tertiary/aromatic N) is 1. The van der Waals surface area contributed by atoms with Gasteiger partial charge in [0.2, 0.25) is 5.69 Å². The lowest BCUT2D eigenvalue weighted by molar-refractivity contribution is -0.850. The molecule has 66 valence electrons. The maximum Gasteiger partial charge on any atom is 0.235 e. The zero-order chi connectivity index (χ0) is 9.30. The Balaban J connectivity index is 3.22. The first-order valence-electron chi connectivity index (χ1n) is 3.83.